The van der Waals surface area contributed by atoms with Crippen molar-refractivity contribution in [3.05, 3.63) is 34.4 Å². The lowest BCUT2D eigenvalue weighted by Crippen LogP contribution is -2.26. The lowest BCUT2D eigenvalue weighted by molar-refractivity contribution is -0.0262. The molecule has 1 saturated heterocycles. The van der Waals surface area contributed by atoms with Gasteiger partial charge in [0, 0.05) is 18.8 Å². The second-order valence-electron chi connectivity index (χ2n) is 5.32. The molecule has 0 aliphatic carbocycles. The van der Waals surface area contributed by atoms with Crippen LogP contribution in [0.25, 0.3) is 0 Å². The van der Waals surface area contributed by atoms with Gasteiger partial charge in [-0.05, 0) is 44.7 Å². The Morgan fingerprint density at radius 3 is 2.37 bits per heavy atom. The van der Waals surface area contributed by atoms with Crippen LogP contribution in [0.5, 0.6) is 0 Å². The third kappa shape index (κ3) is 3.64. The van der Waals surface area contributed by atoms with Crippen molar-refractivity contribution in [1.29, 1.82) is 0 Å². The van der Waals surface area contributed by atoms with Crippen LogP contribution in [0.1, 0.15) is 39.9 Å². The molecule has 0 atom stereocenters. The monoisotopic (exact) mass is 262 g/mol. The first-order valence-electron chi connectivity index (χ1n) is 6.88. The molecule has 3 nitrogen and oxygen atoms in total. The Kier molecular flexibility index (Phi) is 4.72. The van der Waals surface area contributed by atoms with Crippen molar-refractivity contribution in [3.8, 4) is 0 Å². The van der Waals surface area contributed by atoms with Crippen LogP contribution in [0, 0.1) is 20.8 Å². The van der Waals surface area contributed by atoms with Gasteiger partial charge in [-0.3, -0.25) is 4.79 Å². The molecule has 1 fully saturated rings. The fraction of sp³-hybridized carbons (Fsp3) is 0.562. The lowest BCUT2D eigenvalue weighted by Gasteiger charge is -2.22. The highest BCUT2D eigenvalue weighted by Gasteiger charge is 2.18. The fourth-order valence-electron chi connectivity index (χ4n) is 2.73. The van der Waals surface area contributed by atoms with E-state index in [1.54, 1.807) is 0 Å². The molecule has 0 amide bonds. The van der Waals surface area contributed by atoms with E-state index in [0.29, 0.717) is 0 Å². The predicted molar refractivity (Wildman–Crippen MR) is 74.8 cm³/mol. The molecule has 1 aliphatic rings. The summed E-state index contributed by atoms with van der Waals surface area (Å²) in [7, 11) is 0. The van der Waals surface area contributed by atoms with Crippen LogP contribution in [0.4, 0.5) is 0 Å². The molecule has 0 saturated carbocycles. The van der Waals surface area contributed by atoms with Crippen LogP contribution in [0.15, 0.2) is 12.1 Å². The van der Waals surface area contributed by atoms with Gasteiger partial charge < -0.3 is 9.47 Å². The lowest BCUT2D eigenvalue weighted by atomic mass is 9.97. The number of Topliss-reactive ketones (excluding diaryl/α,β-unsaturated/α-hetero) is 1. The summed E-state index contributed by atoms with van der Waals surface area (Å²) in [5.41, 5.74) is 4.09. The summed E-state index contributed by atoms with van der Waals surface area (Å²) in [4.78, 5) is 12.3. The number of ether oxygens (including phenoxy) is 2. The number of carbonyl (C=O) groups excluding carboxylic acids is 1. The van der Waals surface area contributed by atoms with Crippen molar-refractivity contribution in [1.82, 2.24) is 0 Å². The third-order valence-electron chi connectivity index (χ3n) is 3.57. The average molecular weight is 262 g/mol. The second kappa shape index (κ2) is 6.31. The smallest absolute Gasteiger partial charge is 0.189 e. The normalized spacial score (nSPS) is 16.6. The van der Waals surface area contributed by atoms with E-state index in [-0.39, 0.29) is 18.5 Å². The molecular weight excluding hydrogens is 240 g/mol. The standard InChI is InChI=1S/C16H22O3/c1-11-8-12(2)16(13(3)9-11)15(17)10-19-14-4-6-18-7-5-14/h8-9,14H,4-7,10H2,1-3H3. The molecule has 1 aromatic carbocycles. The van der Waals surface area contributed by atoms with E-state index in [2.05, 4.69) is 12.1 Å². The van der Waals surface area contributed by atoms with Gasteiger partial charge in [-0.25, -0.2) is 0 Å². The molecule has 0 N–H and O–H groups in total. The molecule has 0 spiro atoms. The summed E-state index contributed by atoms with van der Waals surface area (Å²) in [6.07, 6.45) is 1.95. The summed E-state index contributed by atoms with van der Waals surface area (Å²) >= 11 is 0. The highest BCUT2D eigenvalue weighted by atomic mass is 16.5. The Balaban J connectivity index is 1.99. The zero-order valence-corrected chi connectivity index (χ0v) is 12.0. The van der Waals surface area contributed by atoms with Crippen LogP contribution in [-0.4, -0.2) is 31.7 Å². The molecule has 0 bridgehead atoms. The first kappa shape index (κ1) is 14.2. The molecule has 3 heteroatoms. The van der Waals surface area contributed by atoms with Gasteiger partial charge in [0.15, 0.2) is 5.78 Å². The highest BCUT2D eigenvalue weighted by Crippen LogP contribution is 2.18. The zero-order chi connectivity index (χ0) is 13.8. The molecule has 0 radical (unpaired) electrons. The number of rotatable bonds is 4. The Bertz CT molecular complexity index is 436. The number of benzene rings is 1. The van der Waals surface area contributed by atoms with E-state index in [4.69, 9.17) is 9.47 Å². The van der Waals surface area contributed by atoms with Gasteiger partial charge in [0.25, 0.3) is 0 Å². The maximum atomic E-state index is 12.3. The van der Waals surface area contributed by atoms with Crippen LogP contribution >= 0.6 is 0 Å². The maximum Gasteiger partial charge on any atom is 0.189 e. The molecule has 1 aromatic rings. The Labute approximate surface area is 114 Å². The molecule has 0 aromatic heterocycles. The van der Waals surface area contributed by atoms with E-state index >= 15 is 0 Å². The Hall–Kier alpha value is -1.19. The summed E-state index contributed by atoms with van der Waals surface area (Å²) in [5, 5.41) is 0. The second-order valence-corrected chi connectivity index (χ2v) is 5.32. The molecule has 1 aliphatic heterocycles. The highest BCUT2D eigenvalue weighted by molar-refractivity contribution is 5.99. The van der Waals surface area contributed by atoms with Gasteiger partial charge in [0.2, 0.25) is 0 Å². The van der Waals surface area contributed by atoms with Crippen LogP contribution in [-0.2, 0) is 9.47 Å². The topological polar surface area (TPSA) is 35.5 Å². The number of ketones is 1. The number of hydrogen-bond donors (Lipinski definition) is 0. The van der Waals surface area contributed by atoms with E-state index in [0.717, 1.165) is 42.7 Å². The van der Waals surface area contributed by atoms with Crippen LogP contribution in [0.3, 0.4) is 0 Å². The van der Waals surface area contributed by atoms with Crippen molar-refractivity contribution in [2.75, 3.05) is 19.8 Å². The van der Waals surface area contributed by atoms with E-state index in [1.807, 2.05) is 20.8 Å². The van der Waals surface area contributed by atoms with Gasteiger partial charge in [0.1, 0.15) is 6.61 Å². The molecule has 0 unspecified atom stereocenters. The van der Waals surface area contributed by atoms with E-state index in [9.17, 15) is 4.79 Å². The summed E-state index contributed by atoms with van der Waals surface area (Å²) in [6, 6.07) is 4.10. The van der Waals surface area contributed by atoms with Gasteiger partial charge >= 0.3 is 0 Å². The van der Waals surface area contributed by atoms with Gasteiger partial charge in [-0.15, -0.1) is 0 Å². The Morgan fingerprint density at radius 1 is 1.21 bits per heavy atom. The number of aryl methyl sites for hydroxylation is 3. The number of carbonyl (C=O) groups is 1. The predicted octanol–water partition coefficient (Wildman–Crippen LogP) is 2.99. The summed E-state index contributed by atoms with van der Waals surface area (Å²) < 4.78 is 11.0. The van der Waals surface area contributed by atoms with Crippen molar-refractivity contribution >= 4 is 5.78 Å². The van der Waals surface area contributed by atoms with Crippen LogP contribution in [0.2, 0.25) is 0 Å². The summed E-state index contributed by atoms with van der Waals surface area (Å²) in [5.74, 6) is 0.0847. The SMILES string of the molecule is Cc1cc(C)c(C(=O)COC2CCOCC2)c(C)c1. The fourth-order valence-corrected chi connectivity index (χ4v) is 2.73. The van der Waals surface area contributed by atoms with Crippen molar-refractivity contribution in [3.63, 3.8) is 0 Å². The van der Waals surface area contributed by atoms with Crippen molar-refractivity contribution < 1.29 is 14.3 Å². The minimum Gasteiger partial charge on any atom is -0.381 e. The van der Waals surface area contributed by atoms with Crippen LogP contribution < -0.4 is 0 Å². The quantitative estimate of drug-likeness (QED) is 0.782. The van der Waals surface area contributed by atoms with E-state index < -0.39 is 0 Å². The van der Waals surface area contributed by atoms with E-state index in [1.165, 1.54) is 5.56 Å². The molecule has 104 valence electrons. The third-order valence-corrected chi connectivity index (χ3v) is 3.57. The van der Waals surface area contributed by atoms with Gasteiger partial charge in [0.05, 0.1) is 6.10 Å². The number of hydrogen-bond acceptors (Lipinski definition) is 3. The molecule has 1 heterocycles. The molecule has 2 rings (SSSR count). The minimum absolute atomic E-state index is 0.0847. The first-order chi connectivity index (χ1) is 9.08. The molecule has 19 heavy (non-hydrogen) atoms. The maximum absolute atomic E-state index is 12.3. The minimum atomic E-state index is 0.0847. The Morgan fingerprint density at radius 2 is 1.79 bits per heavy atom. The summed E-state index contributed by atoms with van der Waals surface area (Å²) in [6.45, 7) is 7.68. The zero-order valence-electron chi connectivity index (χ0n) is 12.0. The van der Waals surface area contributed by atoms with Gasteiger partial charge in [-0.1, -0.05) is 17.7 Å². The van der Waals surface area contributed by atoms with Crippen molar-refractivity contribution in [2.24, 2.45) is 0 Å². The largest absolute Gasteiger partial charge is 0.381 e. The van der Waals surface area contributed by atoms with Gasteiger partial charge in [-0.2, -0.15) is 0 Å². The average Bonchev–Trinajstić information content (AvgIpc) is 2.36. The van der Waals surface area contributed by atoms with Crippen molar-refractivity contribution in [2.45, 2.75) is 39.7 Å². The molecular formula is C16H22O3. The first-order valence-corrected chi connectivity index (χ1v) is 6.88.